The molecular formula is C27H23N5S2. The van der Waals surface area contributed by atoms with Gasteiger partial charge in [-0.15, -0.1) is 0 Å². The van der Waals surface area contributed by atoms with Crippen molar-refractivity contribution in [1.82, 2.24) is 19.9 Å². The molecule has 5 aromatic rings. The zero-order valence-electron chi connectivity index (χ0n) is 18.6. The number of hydrogen-bond acceptors (Lipinski definition) is 4. The Morgan fingerprint density at radius 3 is 2.56 bits per heavy atom. The van der Waals surface area contributed by atoms with E-state index in [4.69, 9.17) is 17.2 Å². The van der Waals surface area contributed by atoms with Gasteiger partial charge in [0.15, 0.2) is 10.2 Å². The first kappa shape index (κ1) is 21.0. The summed E-state index contributed by atoms with van der Waals surface area (Å²) in [4.78, 5) is 11.8. The maximum atomic E-state index is 5.89. The number of pyridine rings is 1. The summed E-state index contributed by atoms with van der Waals surface area (Å²) < 4.78 is 3.36. The molecule has 5 nitrogen and oxygen atoms in total. The Balaban J connectivity index is 1.50. The Labute approximate surface area is 207 Å². The summed E-state index contributed by atoms with van der Waals surface area (Å²) in [7, 11) is 0. The molecule has 0 spiro atoms. The second-order valence-corrected chi connectivity index (χ2v) is 9.68. The molecule has 6 rings (SSSR count). The van der Waals surface area contributed by atoms with Gasteiger partial charge < -0.3 is 10.2 Å². The Morgan fingerprint density at radius 1 is 0.971 bits per heavy atom. The van der Waals surface area contributed by atoms with E-state index in [2.05, 4.69) is 93.6 Å². The molecule has 2 atom stereocenters. The molecule has 2 aromatic carbocycles. The average Bonchev–Trinajstić information content (AvgIpc) is 3.60. The largest absolute Gasteiger partial charge is 0.351 e. The summed E-state index contributed by atoms with van der Waals surface area (Å²) in [6.45, 7) is 2.17. The molecule has 0 bridgehead atoms. The van der Waals surface area contributed by atoms with Crippen LogP contribution in [0.4, 0.5) is 5.69 Å². The number of thiocarbonyl (C=S) groups is 1. The van der Waals surface area contributed by atoms with Gasteiger partial charge >= 0.3 is 0 Å². The van der Waals surface area contributed by atoms with Crippen molar-refractivity contribution < 1.29 is 0 Å². The third-order valence-corrected chi connectivity index (χ3v) is 7.64. The SMILES string of the molecule is CCc1ccc(N2C(=S)N[C@@H](c3ccccn3)[C@H]2c2cccn2-c2nc3ccccc3s2)cc1. The molecule has 0 unspecified atom stereocenters. The zero-order valence-corrected chi connectivity index (χ0v) is 20.3. The van der Waals surface area contributed by atoms with Gasteiger partial charge in [0.2, 0.25) is 0 Å². The zero-order chi connectivity index (χ0) is 23.1. The number of rotatable bonds is 5. The van der Waals surface area contributed by atoms with Crippen molar-refractivity contribution in [3.63, 3.8) is 0 Å². The lowest BCUT2D eigenvalue weighted by Gasteiger charge is -2.28. The van der Waals surface area contributed by atoms with Crippen LogP contribution in [0.15, 0.2) is 91.3 Å². The van der Waals surface area contributed by atoms with Crippen LogP contribution >= 0.6 is 23.6 Å². The van der Waals surface area contributed by atoms with E-state index in [9.17, 15) is 0 Å². The van der Waals surface area contributed by atoms with Crippen LogP contribution in [0.2, 0.25) is 0 Å². The van der Waals surface area contributed by atoms with Crippen LogP contribution in [-0.2, 0) is 6.42 Å². The number of aryl methyl sites for hydroxylation is 1. The molecule has 168 valence electrons. The summed E-state index contributed by atoms with van der Waals surface area (Å²) in [5.41, 5.74) is 5.45. The van der Waals surface area contributed by atoms with E-state index in [1.807, 2.05) is 24.4 Å². The fourth-order valence-electron chi connectivity index (χ4n) is 4.60. The number of fused-ring (bicyclic) bond motifs is 1. The van der Waals surface area contributed by atoms with Crippen molar-refractivity contribution in [2.24, 2.45) is 0 Å². The topological polar surface area (TPSA) is 46.0 Å². The van der Waals surface area contributed by atoms with E-state index in [1.54, 1.807) is 11.3 Å². The molecule has 1 fully saturated rings. The third-order valence-electron chi connectivity index (χ3n) is 6.29. The van der Waals surface area contributed by atoms with Crippen LogP contribution in [0, 0.1) is 0 Å². The summed E-state index contributed by atoms with van der Waals surface area (Å²) in [6, 6.07) is 27.0. The molecule has 3 aromatic heterocycles. The lowest BCUT2D eigenvalue weighted by atomic mass is 10.0. The second-order valence-electron chi connectivity index (χ2n) is 8.28. The monoisotopic (exact) mass is 481 g/mol. The van der Waals surface area contributed by atoms with Gasteiger partial charge in [0.05, 0.1) is 27.6 Å². The first-order valence-corrected chi connectivity index (χ1v) is 12.6. The standard InChI is InChI=1S/C27H23N5S2/c1-2-18-12-14-19(15-13-18)32-25(24(30-26(32)33)21-9-5-6-16-28-21)22-10-7-17-31(22)27-29-20-8-3-4-11-23(20)34-27/h3-17,24-25H,2H2,1H3,(H,30,33)/t24-,25+/m0/s1. The van der Waals surface area contributed by atoms with Crippen LogP contribution < -0.4 is 10.2 Å². The van der Waals surface area contributed by atoms with E-state index in [1.165, 1.54) is 10.3 Å². The predicted octanol–water partition coefficient (Wildman–Crippen LogP) is 6.22. The normalized spacial score (nSPS) is 17.9. The first-order valence-electron chi connectivity index (χ1n) is 11.4. The van der Waals surface area contributed by atoms with Gasteiger partial charge in [-0.05, 0) is 72.7 Å². The maximum absolute atomic E-state index is 5.89. The minimum atomic E-state index is -0.0948. The van der Waals surface area contributed by atoms with Gasteiger partial charge in [-0.3, -0.25) is 9.55 Å². The van der Waals surface area contributed by atoms with E-state index in [0.717, 1.165) is 34.1 Å². The highest BCUT2D eigenvalue weighted by Gasteiger charge is 2.42. The molecule has 1 N–H and O–H groups in total. The number of aromatic nitrogens is 3. The van der Waals surface area contributed by atoms with E-state index >= 15 is 0 Å². The minimum absolute atomic E-state index is 0.0862. The van der Waals surface area contributed by atoms with Gasteiger partial charge in [-0.2, -0.15) is 0 Å². The third kappa shape index (κ3) is 3.57. The number of benzene rings is 2. The molecule has 0 aliphatic carbocycles. The molecule has 0 saturated carbocycles. The van der Waals surface area contributed by atoms with Gasteiger partial charge in [0, 0.05) is 18.1 Å². The Bertz CT molecular complexity index is 1420. The van der Waals surface area contributed by atoms with Crippen LogP contribution in [0.5, 0.6) is 0 Å². The van der Waals surface area contributed by atoms with Crippen molar-refractivity contribution in [3.8, 4) is 5.13 Å². The summed E-state index contributed by atoms with van der Waals surface area (Å²) in [5, 5.41) is 5.20. The number of thiazole rings is 1. The molecule has 34 heavy (non-hydrogen) atoms. The van der Waals surface area contributed by atoms with Crippen molar-refractivity contribution in [3.05, 3.63) is 108 Å². The summed E-state index contributed by atoms with van der Waals surface area (Å²) in [6.07, 6.45) is 4.92. The van der Waals surface area contributed by atoms with Crippen LogP contribution in [-0.4, -0.2) is 19.6 Å². The average molecular weight is 482 g/mol. The number of nitrogens with zero attached hydrogens (tertiary/aromatic N) is 4. The first-order chi connectivity index (χ1) is 16.7. The van der Waals surface area contributed by atoms with E-state index in [0.29, 0.717) is 5.11 Å². The van der Waals surface area contributed by atoms with Crippen molar-refractivity contribution in [2.75, 3.05) is 4.90 Å². The van der Waals surface area contributed by atoms with Crippen molar-refractivity contribution in [2.45, 2.75) is 25.4 Å². The second kappa shape index (κ2) is 8.66. The molecule has 4 heterocycles. The summed E-state index contributed by atoms with van der Waals surface area (Å²) >= 11 is 7.58. The fourth-order valence-corrected chi connectivity index (χ4v) is 5.91. The Hall–Kier alpha value is -3.55. The fraction of sp³-hybridized carbons (Fsp3) is 0.148. The molecule has 1 aliphatic heterocycles. The Kier molecular flexibility index (Phi) is 5.36. The number of para-hydroxylation sites is 1. The molecule has 0 radical (unpaired) electrons. The Morgan fingerprint density at radius 2 is 1.79 bits per heavy atom. The molecule has 1 saturated heterocycles. The quantitative estimate of drug-likeness (QED) is 0.302. The lowest BCUT2D eigenvalue weighted by molar-refractivity contribution is 0.549. The molecule has 0 amide bonds. The number of anilines is 1. The number of hydrogen-bond donors (Lipinski definition) is 1. The van der Waals surface area contributed by atoms with Gasteiger partial charge in [-0.1, -0.05) is 48.6 Å². The maximum Gasteiger partial charge on any atom is 0.194 e. The molecular weight excluding hydrogens is 458 g/mol. The van der Waals surface area contributed by atoms with E-state index < -0.39 is 0 Å². The van der Waals surface area contributed by atoms with E-state index in [-0.39, 0.29) is 12.1 Å². The lowest BCUT2D eigenvalue weighted by Crippen LogP contribution is -2.30. The molecule has 1 aliphatic rings. The van der Waals surface area contributed by atoms with Gasteiger partial charge in [0.1, 0.15) is 6.04 Å². The van der Waals surface area contributed by atoms with Gasteiger partial charge in [0.25, 0.3) is 0 Å². The predicted molar refractivity (Wildman–Crippen MR) is 143 cm³/mol. The highest BCUT2D eigenvalue weighted by Crippen LogP contribution is 2.42. The van der Waals surface area contributed by atoms with Gasteiger partial charge in [-0.25, -0.2) is 4.98 Å². The van der Waals surface area contributed by atoms with Crippen LogP contribution in [0.1, 0.15) is 36.0 Å². The highest BCUT2D eigenvalue weighted by atomic mass is 32.1. The van der Waals surface area contributed by atoms with Crippen molar-refractivity contribution >= 4 is 44.6 Å². The van der Waals surface area contributed by atoms with Crippen molar-refractivity contribution in [1.29, 1.82) is 0 Å². The molecule has 7 heteroatoms. The number of nitrogens with one attached hydrogen (secondary N) is 1. The highest BCUT2D eigenvalue weighted by molar-refractivity contribution is 7.80. The smallest absolute Gasteiger partial charge is 0.194 e. The van der Waals surface area contributed by atoms with Crippen LogP contribution in [0.25, 0.3) is 15.3 Å². The summed E-state index contributed by atoms with van der Waals surface area (Å²) in [5.74, 6) is 0. The minimum Gasteiger partial charge on any atom is -0.351 e. The van der Waals surface area contributed by atoms with Crippen LogP contribution in [0.3, 0.4) is 0 Å².